The Labute approximate surface area is 253 Å². The van der Waals surface area contributed by atoms with Crippen LogP contribution in [0.5, 0.6) is 0 Å². The van der Waals surface area contributed by atoms with Gasteiger partial charge in [-0.15, -0.1) is 0 Å². The molecule has 2 aromatic rings. The van der Waals surface area contributed by atoms with Gasteiger partial charge in [-0.3, -0.25) is 23.9 Å². The summed E-state index contributed by atoms with van der Waals surface area (Å²) in [5.41, 5.74) is 2.49. The number of nitrogens with one attached hydrogen (secondary N) is 2. The van der Waals surface area contributed by atoms with Crippen LogP contribution in [0.15, 0.2) is 12.1 Å². The lowest BCUT2D eigenvalue weighted by Crippen LogP contribution is -2.44. The van der Waals surface area contributed by atoms with Gasteiger partial charge in [0.15, 0.2) is 11.6 Å². The van der Waals surface area contributed by atoms with Crippen LogP contribution >= 0.6 is 0 Å². The smallest absolute Gasteiger partial charge is 0.245 e. The maximum Gasteiger partial charge on any atom is 0.245 e. The van der Waals surface area contributed by atoms with Crippen molar-refractivity contribution in [3.63, 3.8) is 0 Å². The van der Waals surface area contributed by atoms with E-state index in [0.717, 1.165) is 30.6 Å². The molecule has 0 spiro atoms. The maximum absolute atomic E-state index is 14.0. The fourth-order valence-electron chi connectivity index (χ4n) is 7.63. The number of anilines is 1. The zero-order valence-electron chi connectivity index (χ0n) is 25.6. The number of Topliss-reactive ketones (excluding diaryl/α,β-unsaturated/α-hetero) is 2. The molecular formula is C33H45N5O5. The van der Waals surface area contributed by atoms with Gasteiger partial charge in [0.05, 0.1) is 18.2 Å². The molecule has 2 saturated carbocycles. The Morgan fingerprint density at radius 3 is 2.70 bits per heavy atom. The van der Waals surface area contributed by atoms with E-state index >= 15 is 0 Å². The quantitative estimate of drug-likeness (QED) is 0.478. The summed E-state index contributed by atoms with van der Waals surface area (Å²) in [4.78, 5) is 54.4. The standard InChI is InChI=1S/C33H45N5O5/c1-3-27(40)26-15-33-16-28(33)38(26)30(42)19-37-32-23(18-35-29(41)11-7-8-12-43-20-33)13-24(14-25(32)31(36-37)21(2)39)34-17-22-9-5-4-6-10-22/h13-14,22,26,28,34H,3-12,15-20H2,1-2H3,(H,35,41)/t26-,28+,33-/m0/s1. The van der Waals surface area contributed by atoms with Crippen LogP contribution in [0.3, 0.4) is 0 Å². The number of hydrogen-bond donors (Lipinski definition) is 2. The zero-order valence-corrected chi connectivity index (χ0v) is 25.6. The summed E-state index contributed by atoms with van der Waals surface area (Å²) in [7, 11) is 0. The molecule has 1 aromatic carbocycles. The van der Waals surface area contributed by atoms with Crippen molar-refractivity contribution >= 4 is 40.0 Å². The Bertz CT molecular complexity index is 1410. The minimum Gasteiger partial charge on any atom is -0.385 e. The fraction of sp³-hybridized carbons (Fsp3) is 0.667. The Morgan fingerprint density at radius 1 is 1.12 bits per heavy atom. The predicted octanol–water partition coefficient (Wildman–Crippen LogP) is 4.39. The van der Waals surface area contributed by atoms with E-state index < -0.39 is 6.04 Å². The van der Waals surface area contributed by atoms with Crippen molar-refractivity contribution in [3.05, 3.63) is 23.4 Å². The highest BCUT2D eigenvalue weighted by Crippen LogP contribution is 2.60. The average molecular weight is 592 g/mol. The highest BCUT2D eigenvalue weighted by molar-refractivity contribution is 6.07. The van der Waals surface area contributed by atoms with E-state index in [1.54, 1.807) is 9.58 Å². The summed E-state index contributed by atoms with van der Waals surface area (Å²) in [6.07, 6.45) is 9.95. The Morgan fingerprint density at radius 2 is 1.93 bits per heavy atom. The second kappa shape index (κ2) is 12.4. The van der Waals surface area contributed by atoms with E-state index in [-0.39, 0.29) is 47.9 Å². The molecule has 2 aliphatic carbocycles. The first kappa shape index (κ1) is 29.8. The number of carbonyl (C=O) groups excluding carboxylic acids is 4. The van der Waals surface area contributed by atoms with Crippen molar-refractivity contribution in [2.45, 2.75) is 110 Å². The van der Waals surface area contributed by atoms with Gasteiger partial charge >= 0.3 is 0 Å². The molecule has 2 aliphatic heterocycles. The SMILES string of the molecule is CCC(=O)[C@@H]1C[C@]23COCCCCC(=O)NCc4cc(NCC5CCCCC5)cc5c(C(C)=O)nn(c45)CC(=O)N1[C@@H]2C3. The summed E-state index contributed by atoms with van der Waals surface area (Å²) < 4.78 is 7.65. The van der Waals surface area contributed by atoms with Gasteiger partial charge in [0.1, 0.15) is 12.2 Å². The molecule has 1 saturated heterocycles. The monoisotopic (exact) mass is 591 g/mol. The van der Waals surface area contributed by atoms with E-state index in [0.29, 0.717) is 61.4 Å². The summed E-state index contributed by atoms with van der Waals surface area (Å²) in [6, 6.07) is 3.50. The molecule has 2 bridgehead atoms. The summed E-state index contributed by atoms with van der Waals surface area (Å²) in [5.74, 6) is 0.284. The lowest BCUT2D eigenvalue weighted by atomic mass is 9.89. The number of amides is 2. The second-order valence-electron chi connectivity index (χ2n) is 13.2. The first-order valence-electron chi connectivity index (χ1n) is 16.3. The van der Waals surface area contributed by atoms with Gasteiger partial charge in [-0.05, 0) is 62.1 Å². The van der Waals surface area contributed by atoms with Crippen LogP contribution in [0.1, 0.15) is 101 Å². The highest BCUT2D eigenvalue weighted by atomic mass is 16.5. The molecule has 10 nitrogen and oxygen atoms in total. The van der Waals surface area contributed by atoms with E-state index in [1.807, 2.05) is 19.1 Å². The van der Waals surface area contributed by atoms with Crippen LogP contribution in [-0.4, -0.2) is 69.9 Å². The number of aromatic nitrogens is 2. The summed E-state index contributed by atoms with van der Waals surface area (Å²) in [5, 5.41) is 12.0. The van der Waals surface area contributed by atoms with Crippen molar-refractivity contribution < 1.29 is 23.9 Å². The summed E-state index contributed by atoms with van der Waals surface area (Å²) in [6.45, 7) is 5.44. The van der Waals surface area contributed by atoms with Crippen LogP contribution in [0.4, 0.5) is 5.69 Å². The van der Waals surface area contributed by atoms with E-state index in [9.17, 15) is 19.2 Å². The molecule has 1 aromatic heterocycles. The Kier molecular flexibility index (Phi) is 8.58. The van der Waals surface area contributed by atoms with Crippen LogP contribution in [0.25, 0.3) is 10.9 Å². The molecule has 3 heterocycles. The van der Waals surface area contributed by atoms with Crippen molar-refractivity contribution in [1.29, 1.82) is 0 Å². The van der Waals surface area contributed by atoms with Gasteiger partial charge in [0, 0.05) is 62.0 Å². The lowest BCUT2D eigenvalue weighted by Gasteiger charge is -2.26. The van der Waals surface area contributed by atoms with Gasteiger partial charge in [0.25, 0.3) is 0 Å². The third kappa shape index (κ3) is 6.08. The molecule has 6 rings (SSSR count). The number of ether oxygens (including phenoxy) is 1. The largest absolute Gasteiger partial charge is 0.385 e. The minimum atomic E-state index is -0.456. The Balaban J connectivity index is 1.37. The second-order valence-corrected chi connectivity index (χ2v) is 13.2. The number of hydrogen-bond acceptors (Lipinski definition) is 7. The number of piperidine rings is 1. The molecule has 10 heteroatoms. The van der Waals surface area contributed by atoms with Crippen LogP contribution in [-0.2, 0) is 32.2 Å². The highest BCUT2D eigenvalue weighted by Gasteiger charge is 2.66. The third-order valence-corrected chi connectivity index (χ3v) is 10.1. The van der Waals surface area contributed by atoms with Crippen LogP contribution in [0, 0.1) is 11.3 Å². The first-order chi connectivity index (χ1) is 20.8. The molecule has 3 fully saturated rings. The van der Waals surface area contributed by atoms with E-state index in [1.165, 1.54) is 39.0 Å². The van der Waals surface area contributed by atoms with E-state index in [4.69, 9.17) is 4.74 Å². The van der Waals surface area contributed by atoms with Crippen molar-refractivity contribution in [2.24, 2.45) is 11.3 Å². The minimum absolute atomic E-state index is 0.0245. The van der Waals surface area contributed by atoms with Crippen molar-refractivity contribution in [3.8, 4) is 0 Å². The van der Waals surface area contributed by atoms with Crippen LogP contribution < -0.4 is 10.6 Å². The molecule has 0 radical (unpaired) electrons. The van der Waals surface area contributed by atoms with Gasteiger partial charge in [-0.1, -0.05) is 26.2 Å². The fourth-order valence-corrected chi connectivity index (χ4v) is 7.63. The van der Waals surface area contributed by atoms with Gasteiger partial charge in [-0.2, -0.15) is 5.10 Å². The molecule has 0 unspecified atom stereocenters. The first-order valence-corrected chi connectivity index (χ1v) is 16.3. The number of ketones is 2. The summed E-state index contributed by atoms with van der Waals surface area (Å²) >= 11 is 0. The number of benzene rings is 1. The van der Waals surface area contributed by atoms with Crippen molar-refractivity contribution in [2.75, 3.05) is 25.1 Å². The molecular weight excluding hydrogens is 546 g/mol. The molecule has 4 aliphatic rings. The molecule has 3 atom stereocenters. The lowest BCUT2D eigenvalue weighted by molar-refractivity contribution is -0.139. The van der Waals surface area contributed by atoms with Gasteiger partial charge < -0.3 is 20.3 Å². The predicted molar refractivity (Wildman–Crippen MR) is 163 cm³/mol. The molecule has 2 amide bonds. The third-order valence-electron chi connectivity index (χ3n) is 10.1. The number of rotatable bonds is 6. The molecule has 232 valence electrons. The van der Waals surface area contributed by atoms with Gasteiger partial charge in [0.2, 0.25) is 11.8 Å². The number of carbonyl (C=O) groups is 4. The van der Waals surface area contributed by atoms with Crippen molar-refractivity contribution in [1.82, 2.24) is 20.0 Å². The average Bonchev–Trinajstić information content (AvgIpc) is 3.41. The maximum atomic E-state index is 14.0. The van der Waals surface area contributed by atoms with Crippen LogP contribution in [0.2, 0.25) is 0 Å². The van der Waals surface area contributed by atoms with Gasteiger partial charge in [-0.25, -0.2) is 0 Å². The number of nitrogens with zero attached hydrogens (tertiary/aromatic N) is 3. The topological polar surface area (TPSA) is 123 Å². The normalized spacial score (nSPS) is 27.0. The zero-order chi connectivity index (χ0) is 30.1. The molecule has 43 heavy (non-hydrogen) atoms. The molecule has 2 N–H and O–H groups in total. The Hall–Kier alpha value is -3.27. The van der Waals surface area contributed by atoms with E-state index in [2.05, 4.69) is 15.7 Å².